The fourth-order valence-electron chi connectivity index (χ4n) is 0.778. The minimum absolute atomic E-state index is 0.236. The number of rotatable bonds is 3. The summed E-state index contributed by atoms with van der Waals surface area (Å²) in [6, 6.07) is 2.14. The van der Waals surface area contributed by atoms with E-state index in [0.29, 0.717) is 0 Å². The second-order valence-electron chi connectivity index (χ2n) is 2.40. The van der Waals surface area contributed by atoms with Crippen LogP contribution in [-0.2, 0) is 6.54 Å². The normalized spacial score (nSPS) is 13.4. The molecule has 1 atom stereocenters. The molecule has 0 aliphatic rings. The third-order valence-electron chi connectivity index (χ3n) is 1.51. The van der Waals surface area contributed by atoms with E-state index in [4.69, 9.17) is 5.73 Å². The van der Waals surface area contributed by atoms with Gasteiger partial charge in [0.05, 0.1) is 6.54 Å². The lowest BCUT2D eigenvalue weighted by molar-refractivity contribution is 0.500. The van der Waals surface area contributed by atoms with Crippen molar-refractivity contribution < 1.29 is 0 Å². The summed E-state index contributed by atoms with van der Waals surface area (Å²) in [5.74, 6) is 0. The molecule has 0 unspecified atom stereocenters. The number of aromatic nitrogens is 2. The van der Waals surface area contributed by atoms with E-state index in [1.165, 1.54) is 0 Å². The first kappa shape index (κ1) is 7.28. The van der Waals surface area contributed by atoms with E-state index in [2.05, 4.69) is 12.0 Å². The molecular formula is C7H13N3. The van der Waals surface area contributed by atoms with Gasteiger partial charge < -0.3 is 5.73 Å². The Bertz CT molecular complexity index is 169. The molecule has 10 heavy (non-hydrogen) atoms. The average Bonchev–Trinajstić information content (AvgIpc) is 2.40. The van der Waals surface area contributed by atoms with E-state index in [9.17, 15) is 0 Å². The Labute approximate surface area is 60.8 Å². The first-order valence-corrected chi connectivity index (χ1v) is 3.56. The zero-order valence-corrected chi connectivity index (χ0v) is 6.20. The molecule has 2 N–H and O–H groups in total. The van der Waals surface area contributed by atoms with Crippen LogP contribution in [0.4, 0.5) is 0 Å². The largest absolute Gasteiger partial charge is 0.326 e. The Kier molecular flexibility index (Phi) is 2.45. The van der Waals surface area contributed by atoms with Crippen LogP contribution in [0.2, 0.25) is 0 Å². The molecule has 0 aromatic carbocycles. The first-order valence-electron chi connectivity index (χ1n) is 3.56. The van der Waals surface area contributed by atoms with E-state index in [1.54, 1.807) is 6.20 Å². The highest BCUT2D eigenvalue weighted by Crippen LogP contribution is 1.91. The van der Waals surface area contributed by atoms with E-state index in [-0.39, 0.29) is 6.04 Å². The summed E-state index contributed by atoms with van der Waals surface area (Å²) >= 11 is 0. The zero-order valence-electron chi connectivity index (χ0n) is 6.20. The van der Waals surface area contributed by atoms with Crippen molar-refractivity contribution in [1.29, 1.82) is 0 Å². The van der Waals surface area contributed by atoms with E-state index >= 15 is 0 Å². The lowest BCUT2D eigenvalue weighted by atomic mass is 10.2. The van der Waals surface area contributed by atoms with Gasteiger partial charge in [0, 0.05) is 18.4 Å². The smallest absolute Gasteiger partial charge is 0.0560 e. The molecule has 1 heterocycles. The van der Waals surface area contributed by atoms with E-state index < -0.39 is 0 Å². The molecule has 0 saturated carbocycles. The quantitative estimate of drug-likeness (QED) is 0.667. The monoisotopic (exact) mass is 139 g/mol. The molecule has 0 saturated heterocycles. The molecule has 1 rings (SSSR count). The van der Waals surface area contributed by atoms with Gasteiger partial charge in [-0.3, -0.25) is 4.68 Å². The van der Waals surface area contributed by atoms with Crippen molar-refractivity contribution in [3.05, 3.63) is 18.5 Å². The summed E-state index contributed by atoms with van der Waals surface area (Å²) in [5, 5.41) is 4.04. The highest BCUT2D eigenvalue weighted by Gasteiger charge is 1.98. The van der Waals surface area contributed by atoms with Crippen LogP contribution in [0.3, 0.4) is 0 Å². The van der Waals surface area contributed by atoms with Gasteiger partial charge >= 0.3 is 0 Å². The van der Waals surface area contributed by atoms with Gasteiger partial charge in [-0.2, -0.15) is 5.10 Å². The molecule has 0 fully saturated rings. The second-order valence-corrected chi connectivity index (χ2v) is 2.40. The Morgan fingerprint density at radius 1 is 1.70 bits per heavy atom. The molecule has 1 aromatic rings. The van der Waals surface area contributed by atoms with Gasteiger partial charge in [-0.15, -0.1) is 0 Å². The predicted molar refractivity (Wildman–Crippen MR) is 40.5 cm³/mol. The van der Waals surface area contributed by atoms with Crippen LogP contribution in [-0.4, -0.2) is 15.8 Å². The number of nitrogens with two attached hydrogens (primary N) is 1. The lowest BCUT2D eigenvalue weighted by Crippen LogP contribution is -2.25. The SMILES string of the molecule is CC[C@H](N)Cn1cccn1. The molecule has 56 valence electrons. The van der Waals surface area contributed by atoms with Gasteiger partial charge in [0.15, 0.2) is 0 Å². The topological polar surface area (TPSA) is 43.8 Å². The average molecular weight is 139 g/mol. The van der Waals surface area contributed by atoms with Crippen LogP contribution in [0.15, 0.2) is 18.5 Å². The van der Waals surface area contributed by atoms with Crippen molar-refractivity contribution in [2.75, 3.05) is 0 Å². The molecule has 0 bridgehead atoms. The van der Waals surface area contributed by atoms with Gasteiger partial charge in [-0.1, -0.05) is 6.92 Å². The van der Waals surface area contributed by atoms with Crippen molar-refractivity contribution in [3.63, 3.8) is 0 Å². The summed E-state index contributed by atoms with van der Waals surface area (Å²) in [7, 11) is 0. The minimum Gasteiger partial charge on any atom is -0.326 e. The van der Waals surface area contributed by atoms with E-state index in [1.807, 2.05) is 16.9 Å². The molecule has 0 aliphatic heterocycles. The van der Waals surface area contributed by atoms with E-state index in [0.717, 1.165) is 13.0 Å². The minimum atomic E-state index is 0.236. The van der Waals surface area contributed by atoms with Gasteiger partial charge in [0.1, 0.15) is 0 Å². The Balaban J connectivity index is 2.40. The maximum absolute atomic E-state index is 5.70. The third-order valence-corrected chi connectivity index (χ3v) is 1.51. The summed E-state index contributed by atoms with van der Waals surface area (Å²) in [4.78, 5) is 0. The highest BCUT2D eigenvalue weighted by atomic mass is 15.3. The van der Waals surface area contributed by atoms with Crippen LogP contribution in [0.25, 0.3) is 0 Å². The van der Waals surface area contributed by atoms with Crippen LogP contribution in [0.5, 0.6) is 0 Å². The lowest BCUT2D eigenvalue weighted by Gasteiger charge is -2.07. The maximum atomic E-state index is 5.70. The van der Waals surface area contributed by atoms with Crippen LogP contribution in [0.1, 0.15) is 13.3 Å². The number of hydrogen-bond donors (Lipinski definition) is 1. The standard InChI is InChI=1S/C7H13N3/c1-2-7(8)6-10-5-3-4-9-10/h3-5,7H,2,6,8H2,1H3/t7-/m0/s1. The maximum Gasteiger partial charge on any atom is 0.0560 e. The van der Waals surface area contributed by atoms with Crippen LogP contribution in [0, 0.1) is 0 Å². The summed E-state index contributed by atoms with van der Waals surface area (Å²) in [6.07, 6.45) is 4.69. The molecule has 3 nitrogen and oxygen atoms in total. The second kappa shape index (κ2) is 3.37. The Morgan fingerprint density at radius 3 is 3.00 bits per heavy atom. The van der Waals surface area contributed by atoms with Crippen molar-refractivity contribution in [1.82, 2.24) is 9.78 Å². The van der Waals surface area contributed by atoms with Crippen molar-refractivity contribution in [2.24, 2.45) is 5.73 Å². The molecule has 0 amide bonds. The molecular weight excluding hydrogens is 126 g/mol. The molecule has 0 spiro atoms. The first-order chi connectivity index (χ1) is 4.83. The van der Waals surface area contributed by atoms with Crippen molar-refractivity contribution in [3.8, 4) is 0 Å². The zero-order chi connectivity index (χ0) is 7.40. The van der Waals surface area contributed by atoms with Gasteiger partial charge in [0.2, 0.25) is 0 Å². The summed E-state index contributed by atoms with van der Waals surface area (Å²) in [5.41, 5.74) is 5.70. The predicted octanol–water partition coefficient (Wildman–Crippen LogP) is 0.620. The van der Waals surface area contributed by atoms with Crippen LogP contribution < -0.4 is 5.73 Å². The Hall–Kier alpha value is -0.830. The highest BCUT2D eigenvalue weighted by molar-refractivity contribution is 4.78. The fraction of sp³-hybridized carbons (Fsp3) is 0.571. The van der Waals surface area contributed by atoms with Gasteiger partial charge in [0.25, 0.3) is 0 Å². The number of nitrogens with zero attached hydrogens (tertiary/aromatic N) is 2. The molecule has 3 heteroatoms. The Morgan fingerprint density at radius 2 is 2.50 bits per heavy atom. The van der Waals surface area contributed by atoms with Crippen LogP contribution >= 0.6 is 0 Å². The molecule has 1 aromatic heterocycles. The van der Waals surface area contributed by atoms with Gasteiger partial charge in [-0.25, -0.2) is 0 Å². The summed E-state index contributed by atoms with van der Waals surface area (Å²) in [6.45, 7) is 2.90. The molecule has 0 aliphatic carbocycles. The summed E-state index contributed by atoms with van der Waals surface area (Å²) < 4.78 is 1.86. The third kappa shape index (κ3) is 1.84. The van der Waals surface area contributed by atoms with Gasteiger partial charge in [-0.05, 0) is 12.5 Å². The fourth-order valence-corrected chi connectivity index (χ4v) is 0.778. The number of hydrogen-bond acceptors (Lipinski definition) is 2. The molecule has 0 radical (unpaired) electrons. The van der Waals surface area contributed by atoms with Crippen molar-refractivity contribution >= 4 is 0 Å². The van der Waals surface area contributed by atoms with Crippen molar-refractivity contribution in [2.45, 2.75) is 25.9 Å².